The molecule has 2 fully saturated rings. The van der Waals surface area contributed by atoms with Crippen molar-refractivity contribution >= 4 is 16.8 Å². The first-order valence-corrected chi connectivity index (χ1v) is 8.41. The van der Waals surface area contributed by atoms with Crippen LogP contribution >= 0.6 is 0 Å². The van der Waals surface area contributed by atoms with Crippen molar-refractivity contribution in [3.63, 3.8) is 0 Å². The largest absolute Gasteiger partial charge is 0.354 e. The second kappa shape index (κ2) is 5.80. The summed E-state index contributed by atoms with van der Waals surface area (Å²) >= 11 is 0. The van der Waals surface area contributed by atoms with Gasteiger partial charge in [0.1, 0.15) is 6.54 Å². The summed E-state index contributed by atoms with van der Waals surface area (Å²) in [5, 5.41) is 3.56. The highest BCUT2D eigenvalue weighted by Gasteiger charge is 2.39. The van der Waals surface area contributed by atoms with Crippen LogP contribution in [0.25, 0.3) is 10.9 Å². The first kappa shape index (κ1) is 14.4. The summed E-state index contributed by atoms with van der Waals surface area (Å²) < 4.78 is 1.39. The van der Waals surface area contributed by atoms with Crippen LogP contribution in [0.15, 0.2) is 35.4 Å². The fraction of sp³-hybridized carbons (Fsp3) is 0.500. The molecular formula is C18H21N3O2. The average molecular weight is 311 g/mol. The van der Waals surface area contributed by atoms with Crippen LogP contribution in [0, 0.1) is 17.8 Å². The Labute approximate surface area is 134 Å². The van der Waals surface area contributed by atoms with Crippen LogP contribution in [-0.4, -0.2) is 22.0 Å². The van der Waals surface area contributed by atoms with Crippen LogP contribution in [0.4, 0.5) is 0 Å². The van der Waals surface area contributed by atoms with Crippen molar-refractivity contribution in [3.8, 4) is 0 Å². The number of hydrogen-bond acceptors (Lipinski definition) is 3. The first-order valence-electron chi connectivity index (χ1n) is 8.41. The molecule has 1 N–H and O–H groups in total. The second-order valence-electron chi connectivity index (χ2n) is 6.93. The summed E-state index contributed by atoms with van der Waals surface area (Å²) in [6.45, 7) is 0.785. The quantitative estimate of drug-likeness (QED) is 0.938. The van der Waals surface area contributed by atoms with Gasteiger partial charge in [0.15, 0.2) is 0 Å². The van der Waals surface area contributed by atoms with Crippen LogP contribution in [0.3, 0.4) is 0 Å². The van der Waals surface area contributed by atoms with Crippen LogP contribution < -0.4 is 10.9 Å². The maximum atomic E-state index is 12.4. The molecule has 1 aromatic carbocycles. The van der Waals surface area contributed by atoms with Gasteiger partial charge in [-0.1, -0.05) is 18.6 Å². The summed E-state index contributed by atoms with van der Waals surface area (Å²) in [5.74, 6) is 2.20. The van der Waals surface area contributed by atoms with E-state index >= 15 is 0 Å². The maximum Gasteiger partial charge on any atom is 0.261 e. The molecule has 5 nitrogen and oxygen atoms in total. The predicted molar refractivity (Wildman–Crippen MR) is 88.0 cm³/mol. The normalized spacial score (nSPS) is 25.8. The van der Waals surface area contributed by atoms with Crippen molar-refractivity contribution in [2.45, 2.75) is 32.2 Å². The van der Waals surface area contributed by atoms with E-state index in [1.165, 1.54) is 36.6 Å². The molecule has 23 heavy (non-hydrogen) atoms. The zero-order chi connectivity index (χ0) is 15.8. The van der Waals surface area contributed by atoms with Gasteiger partial charge in [-0.15, -0.1) is 0 Å². The van der Waals surface area contributed by atoms with Crippen LogP contribution in [0.2, 0.25) is 0 Å². The monoisotopic (exact) mass is 311 g/mol. The minimum Gasteiger partial charge on any atom is -0.354 e. The lowest BCUT2D eigenvalue weighted by molar-refractivity contribution is -0.122. The molecule has 2 aliphatic carbocycles. The Balaban J connectivity index is 1.41. The number of fused-ring (bicyclic) bond motifs is 3. The van der Waals surface area contributed by atoms with E-state index in [0.29, 0.717) is 16.8 Å². The minimum atomic E-state index is -0.161. The summed E-state index contributed by atoms with van der Waals surface area (Å²) in [4.78, 5) is 28.8. The van der Waals surface area contributed by atoms with E-state index in [1.54, 1.807) is 12.1 Å². The Morgan fingerprint density at radius 3 is 2.91 bits per heavy atom. The fourth-order valence-electron chi connectivity index (χ4n) is 4.30. The molecule has 120 valence electrons. The summed E-state index contributed by atoms with van der Waals surface area (Å²) in [6, 6.07) is 7.21. The van der Waals surface area contributed by atoms with Gasteiger partial charge in [0.2, 0.25) is 5.91 Å². The molecule has 1 aromatic heterocycles. The van der Waals surface area contributed by atoms with E-state index in [9.17, 15) is 9.59 Å². The van der Waals surface area contributed by atoms with Gasteiger partial charge in [0.25, 0.3) is 5.56 Å². The number of amides is 1. The smallest absolute Gasteiger partial charge is 0.261 e. The van der Waals surface area contributed by atoms with Crippen molar-refractivity contribution in [2.75, 3.05) is 6.54 Å². The number of carbonyl (C=O) groups is 1. The molecule has 0 saturated heterocycles. The number of aromatic nitrogens is 2. The standard InChI is InChI=1S/C18H21N3O2/c22-17(19-9-14-8-12-5-6-13(14)7-12)10-21-11-20-16-4-2-1-3-15(16)18(21)23/h1-4,11-14H,5-10H2,(H,19,22). The van der Waals surface area contributed by atoms with E-state index < -0.39 is 0 Å². The minimum absolute atomic E-state index is 0.0392. The maximum absolute atomic E-state index is 12.4. The van der Waals surface area contributed by atoms with Crippen LogP contribution in [0.5, 0.6) is 0 Å². The third-order valence-electron chi connectivity index (χ3n) is 5.49. The Hall–Kier alpha value is -2.17. The van der Waals surface area contributed by atoms with Crippen LogP contribution in [0.1, 0.15) is 25.7 Å². The molecule has 2 aromatic rings. The van der Waals surface area contributed by atoms with E-state index in [0.717, 1.165) is 18.4 Å². The molecular weight excluding hydrogens is 290 g/mol. The lowest BCUT2D eigenvalue weighted by Crippen LogP contribution is -2.36. The van der Waals surface area contributed by atoms with Gasteiger partial charge < -0.3 is 5.32 Å². The summed E-state index contributed by atoms with van der Waals surface area (Å²) in [5.41, 5.74) is 0.502. The van der Waals surface area contributed by atoms with Crippen molar-refractivity contribution < 1.29 is 4.79 Å². The number of rotatable bonds is 4. The molecule has 3 unspecified atom stereocenters. The molecule has 1 heterocycles. The lowest BCUT2D eigenvalue weighted by Gasteiger charge is -2.21. The Morgan fingerprint density at radius 2 is 2.13 bits per heavy atom. The van der Waals surface area contributed by atoms with Crippen molar-refractivity contribution in [1.82, 2.24) is 14.9 Å². The van der Waals surface area contributed by atoms with Crippen molar-refractivity contribution in [2.24, 2.45) is 17.8 Å². The lowest BCUT2D eigenvalue weighted by atomic mass is 9.89. The molecule has 5 heteroatoms. The molecule has 0 radical (unpaired) electrons. The second-order valence-corrected chi connectivity index (χ2v) is 6.93. The topological polar surface area (TPSA) is 64.0 Å². The van der Waals surface area contributed by atoms with Crippen LogP contribution in [-0.2, 0) is 11.3 Å². The van der Waals surface area contributed by atoms with Gasteiger partial charge in [0.05, 0.1) is 17.2 Å². The van der Waals surface area contributed by atoms with Crippen molar-refractivity contribution in [3.05, 3.63) is 40.9 Å². The summed E-state index contributed by atoms with van der Waals surface area (Å²) in [6.07, 6.45) is 6.74. The Bertz CT molecular complexity index is 798. The number of hydrogen-bond donors (Lipinski definition) is 1. The molecule has 3 atom stereocenters. The highest BCUT2D eigenvalue weighted by Crippen LogP contribution is 2.47. The van der Waals surface area contributed by atoms with Gasteiger partial charge in [0, 0.05) is 6.54 Å². The zero-order valence-electron chi connectivity index (χ0n) is 13.1. The highest BCUT2D eigenvalue weighted by atomic mass is 16.2. The molecule has 0 aliphatic heterocycles. The Kier molecular flexibility index (Phi) is 3.63. The number of nitrogens with zero attached hydrogens (tertiary/aromatic N) is 2. The van der Waals surface area contributed by atoms with Gasteiger partial charge >= 0.3 is 0 Å². The number of benzene rings is 1. The number of para-hydroxylation sites is 1. The number of nitrogens with one attached hydrogen (secondary N) is 1. The molecule has 2 aliphatic rings. The van der Waals surface area contributed by atoms with E-state index in [2.05, 4.69) is 10.3 Å². The van der Waals surface area contributed by atoms with E-state index in [-0.39, 0.29) is 18.0 Å². The third-order valence-corrected chi connectivity index (χ3v) is 5.49. The van der Waals surface area contributed by atoms with Gasteiger partial charge in [-0.25, -0.2) is 4.98 Å². The van der Waals surface area contributed by atoms with Gasteiger partial charge in [-0.3, -0.25) is 14.2 Å². The number of carbonyl (C=O) groups excluding carboxylic acids is 1. The summed E-state index contributed by atoms with van der Waals surface area (Å²) in [7, 11) is 0. The fourth-order valence-corrected chi connectivity index (χ4v) is 4.30. The Morgan fingerprint density at radius 1 is 1.26 bits per heavy atom. The highest BCUT2D eigenvalue weighted by molar-refractivity contribution is 5.78. The molecule has 0 spiro atoms. The van der Waals surface area contributed by atoms with Gasteiger partial charge in [-0.2, -0.15) is 0 Å². The van der Waals surface area contributed by atoms with Crippen molar-refractivity contribution in [1.29, 1.82) is 0 Å². The van der Waals surface area contributed by atoms with E-state index in [4.69, 9.17) is 0 Å². The molecule has 4 rings (SSSR count). The first-order chi connectivity index (χ1) is 11.2. The van der Waals surface area contributed by atoms with Gasteiger partial charge in [-0.05, 0) is 49.1 Å². The molecule has 1 amide bonds. The zero-order valence-corrected chi connectivity index (χ0v) is 13.1. The molecule has 2 saturated carbocycles. The average Bonchev–Trinajstić information content (AvgIpc) is 3.19. The molecule has 2 bridgehead atoms. The predicted octanol–water partition coefficient (Wildman–Crippen LogP) is 1.95. The van der Waals surface area contributed by atoms with E-state index in [1.807, 2.05) is 12.1 Å². The SMILES string of the molecule is O=C(Cn1cnc2ccccc2c1=O)NCC1CC2CCC1C2. The third kappa shape index (κ3) is 2.76.